The van der Waals surface area contributed by atoms with Crippen LogP contribution in [-0.4, -0.2) is 67.6 Å². The van der Waals surface area contributed by atoms with Crippen molar-refractivity contribution in [3.8, 4) is 10.6 Å². The Bertz CT molecular complexity index is 882. The van der Waals surface area contributed by atoms with Crippen molar-refractivity contribution in [2.24, 2.45) is 0 Å². The van der Waals surface area contributed by atoms with Gasteiger partial charge in [0.15, 0.2) is 0 Å². The molecule has 162 valence electrons. The van der Waals surface area contributed by atoms with E-state index in [1.165, 1.54) is 17.5 Å². The number of halogens is 3. The Morgan fingerprint density at radius 3 is 2.70 bits per heavy atom. The number of nitrogens with zero attached hydrogens (tertiary/aromatic N) is 2. The van der Waals surface area contributed by atoms with Crippen molar-refractivity contribution < 1.29 is 27.5 Å². The molecule has 2 amide bonds. The van der Waals surface area contributed by atoms with Gasteiger partial charge in [0.25, 0.3) is 5.91 Å². The molecule has 0 spiro atoms. The Balaban J connectivity index is 1.47. The van der Waals surface area contributed by atoms with E-state index in [4.69, 9.17) is 4.74 Å². The summed E-state index contributed by atoms with van der Waals surface area (Å²) < 4.78 is 43.8. The number of amides is 2. The van der Waals surface area contributed by atoms with E-state index in [1.807, 2.05) is 0 Å². The van der Waals surface area contributed by atoms with Gasteiger partial charge in [0.1, 0.15) is 10.7 Å². The maximum atomic E-state index is 12.9. The van der Waals surface area contributed by atoms with Crippen LogP contribution < -0.4 is 10.6 Å². The van der Waals surface area contributed by atoms with Crippen LogP contribution in [0, 0.1) is 0 Å². The summed E-state index contributed by atoms with van der Waals surface area (Å²) in [4.78, 5) is 30.3. The first kappa shape index (κ1) is 22.2. The molecule has 1 aliphatic rings. The molecule has 0 saturated carbocycles. The van der Waals surface area contributed by atoms with Gasteiger partial charge in [0.05, 0.1) is 25.3 Å². The monoisotopic (exact) mass is 442 g/mol. The lowest BCUT2D eigenvalue weighted by Crippen LogP contribution is -2.43. The number of thiazole rings is 1. The van der Waals surface area contributed by atoms with Crippen molar-refractivity contribution in [2.75, 3.05) is 45.9 Å². The number of nitrogens with one attached hydrogen (secondary N) is 2. The largest absolute Gasteiger partial charge is 0.416 e. The number of rotatable bonds is 7. The number of benzene rings is 1. The molecule has 7 nitrogen and oxygen atoms in total. The standard InChI is InChI=1S/C19H21F3N4O3S/c20-19(21,22)14-3-1-2-13(10-14)18-25-15(12-30-18)17(28)24-11-16(27)23-4-5-26-6-8-29-9-7-26/h1-3,10,12H,4-9,11H2,(H,23,27)(H,24,28). The molecule has 11 heteroatoms. The third-order valence-electron chi connectivity index (χ3n) is 4.44. The minimum absolute atomic E-state index is 0.0496. The molecule has 0 aliphatic carbocycles. The quantitative estimate of drug-likeness (QED) is 0.686. The van der Waals surface area contributed by atoms with Gasteiger partial charge in [0.2, 0.25) is 5.91 Å². The molecule has 1 aromatic heterocycles. The predicted molar refractivity (Wildman–Crippen MR) is 105 cm³/mol. The number of ether oxygens (including phenoxy) is 1. The third-order valence-corrected chi connectivity index (χ3v) is 5.33. The lowest BCUT2D eigenvalue weighted by atomic mass is 10.1. The second-order valence-electron chi connectivity index (χ2n) is 6.60. The summed E-state index contributed by atoms with van der Waals surface area (Å²) in [5.41, 5.74) is -0.460. The first-order valence-electron chi connectivity index (χ1n) is 9.31. The smallest absolute Gasteiger partial charge is 0.379 e. The molecule has 0 radical (unpaired) electrons. The summed E-state index contributed by atoms with van der Waals surface area (Å²) in [6.07, 6.45) is -4.46. The van der Waals surface area contributed by atoms with E-state index in [2.05, 4.69) is 20.5 Å². The van der Waals surface area contributed by atoms with Crippen LogP contribution in [0.15, 0.2) is 29.6 Å². The molecule has 1 aromatic carbocycles. The number of morpholine rings is 1. The number of alkyl halides is 3. The van der Waals surface area contributed by atoms with E-state index in [0.29, 0.717) is 31.3 Å². The Kier molecular flexibility index (Phi) is 7.40. The predicted octanol–water partition coefficient (Wildman–Crippen LogP) is 2.01. The fourth-order valence-corrected chi connectivity index (χ4v) is 3.63. The van der Waals surface area contributed by atoms with Crippen LogP contribution in [0.4, 0.5) is 13.2 Å². The summed E-state index contributed by atoms with van der Waals surface area (Å²) in [6, 6.07) is 4.75. The minimum Gasteiger partial charge on any atom is -0.379 e. The van der Waals surface area contributed by atoms with Crippen LogP contribution in [0.25, 0.3) is 10.6 Å². The van der Waals surface area contributed by atoms with E-state index < -0.39 is 17.6 Å². The van der Waals surface area contributed by atoms with Gasteiger partial charge < -0.3 is 15.4 Å². The normalized spacial score (nSPS) is 15.0. The van der Waals surface area contributed by atoms with Gasteiger partial charge in [-0.3, -0.25) is 14.5 Å². The van der Waals surface area contributed by atoms with Crippen LogP contribution in [0.5, 0.6) is 0 Å². The van der Waals surface area contributed by atoms with Crippen molar-refractivity contribution in [1.29, 1.82) is 0 Å². The highest BCUT2D eigenvalue weighted by atomic mass is 32.1. The summed E-state index contributed by atoms with van der Waals surface area (Å²) in [7, 11) is 0. The molecule has 2 aromatic rings. The minimum atomic E-state index is -4.46. The van der Waals surface area contributed by atoms with Crippen molar-refractivity contribution in [3.05, 3.63) is 40.9 Å². The Morgan fingerprint density at radius 2 is 1.97 bits per heavy atom. The van der Waals surface area contributed by atoms with Crippen molar-refractivity contribution in [1.82, 2.24) is 20.5 Å². The lowest BCUT2D eigenvalue weighted by Gasteiger charge is -2.26. The van der Waals surface area contributed by atoms with Crippen LogP contribution in [-0.2, 0) is 15.7 Å². The van der Waals surface area contributed by atoms with Crippen molar-refractivity contribution in [3.63, 3.8) is 0 Å². The van der Waals surface area contributed by atoms with Gasteiger partial charge in [-0.2, -0.15) is 13.2 Å². The number of aromatic nitrogens is 1. The Morgan fingerprint density at radius 1 is 1.20 bits per heavy atom. The summed E-state index contributed by atoms with van der Waals surface area (Å²) in [5, 5.41) is 6.93. The number of carbonyl (C=O) groups is 2. The van der Waals surface area contributed by atoms with E-state index in [9.17, 15) is 22.8 Å². The van der Waals surface area contributed by atoms with E-state index in [1.54, 1.807) is 0 Å². The van der Waals surface area contributed by atoms with E-state index >= 15 is 0 Å². The molecule has 1 aliphatic heterocycles. The molecule has 2 N–H and O–H groups in total. The fourth-order valence-electron chi connectivity index (χ4n) is 2.83. The molecule has 0 atom stereocenters. The zero-order valence-electron chi connectivity index (χ0n) is 16.0. The van der Waals surface area contributed by atoms with Gasteiger partial charge in [-0.1, -0.05) is 12.1 Å². The first-order chi connectivity index (χ1) is 14.3. The van der Waals surface area contributed by atoms with Crippen molar-refractivity contribution >= 4 is 23.2 Å². The topological polar surface area (TPSA) is 83.6 Å². The van der Waals surface area contributed by atoms with Crippen LogP contribution >= 0.6 is 11.3 Å². The van der Waals surface area contributed by atoms with Gasteiger partial charge in [-0.05, 0) is 12.1 Å². The third kappa shape index (κ3) is 6.25. The molecule has 1 saturated heterocycles. The highest BCUT2D eigenvalue weighted by Gasteiger charge is 2.30. The van der Waals surface area contributed by atoms with Gasteiger partial charge >= 0.3 is 6.18 Å². The molecule has 3 rings (SSSR count). The highest BCUT2D eigenvalue weighted by molar-refractivity contribution is 7.13. The van der Waals surface area contributed by atoms with Gasteiger partial charge in [-0.15, -0.1) is 11.3 Å². The molecule has 1 fully saturated rings. The van der Waals surface area contributed by atoms with Gasteiger partial charge in [-0.25, -0.2) is 4.98 Å². The zero-order chi connectivity index (χ0) is 21.6. The average Bonchev–Trinajstić information content (AvgIpc) is 3.23. The van der Waals surface area contributed by atoms with E-state index in [-0.39, 0.29) is 23.7 Å². The summed E-state index contributed by atoms with van der Waals surface area (Å²) in [5.74, 6) is -0.891. The lowest BCUT2D eigenvalue weighted by molar-refractivity contribution is -0.137. The Hall–Kier alpha value is -2.50. The fraction of sp³-hybridized carbons (Fsp3) is 0.421. The molecular weight excluding hydrogens is 421 g/mol. The Labute approximate surface area is 175 Å². The molecular formula is C19H21F3N4O3S. The SMILES string of the molecule is O=C(CNC(=O)c1csc(-c2cccc(C(F)(F)F)c2)n1)NCCN1CCOCC1. The number of carbonyl (C=O) groups excluding carboxylic acids is 2. The molecule has 2 heterocycles. The second-order valence-corrected chi connectivity index (χ2v) is 7.46. The first-order valence-corrected chi connectivity index (χ1v) is 10.2. The van der Waals surface area contributed by atoms with Crippen LogP contribution in [0.1, 0.15) is 16.1 Å². The summed E-state index contributed by atoms with van der Waals surface area (Å²) in [6.45, 7) is 3.97. The molecule has 30 heavy (non-hydrogen) atoms. The highest BCUT2D eigenvalue weighted by Crippen LogP contribution is 2.33. The maximum absolute atomic E-state index is 12.9. The van der Waals surface area contributed by atoms with Crippen molar-refractivity contribution in [2.45, 2.75) is 6.18 Å². The van der Waals surface area contributed by atoms with Crippen LogP contribution in [0.3, 0.4) is 0 Å². The van der Waals surface area contributed by atoms with Gasteiger partial charge in [0, 0.05) is 37.1 Å². The number of hydrogen-bond acceptors (Lipinski definition) is 6. The average molecular weight is 442 g/mol. The van der Waals surface area contributed by atoms with E-state index in [0.717, 1.165) is 36.6 Å². The van der Waals surface area contributed by atoms with Crippen LogP contribution in [0.2, 0.25) is 0 Å². The zero-order valence-corrected chi connectivity index (χ0v) is 16.8. The molecule has 0 bridgehead atoms. The second kappa shape index (κ2) is 10.0. The maximum Gasteiger partial charge on any atom is 0.416 e. The molecule has 0 unspecified atom stereocenters. The number of hydrogen-bond donors (Lipinski definition) is 2. The summed E-state index contributed by atoms with van der Waals surface area (Å²) >= 11 is 1.06.